The Morgan fingerprint density at radius 3 is 2.73 bits per heavy atom. The number of carbonyl (C=O) groups is 1. The summed E-state index contributed by atoms with van der Waals surface area (Å²) >= 11 is 7.03. The standard InChI is InChI=1S/C17H19ClN2O4S2/c1-20(26(22,23)14-6-4-12(18)5-7-14)15-8-10-25-16(15)17(21)19-11-13-3-2-9-24-13/h4-8,10,13H,2-3,9,11H2,1H3,(H,19,21)/t13-/m1/s1. The normalized spacial score (nSPS) is 17.2. The molecule has 1 N–H and O–H groups in total. The second kappa shape index (κ2) is 7.96. The Morgan fingerprint density at radius 2 is 2.08 bits per heavy atom. The number of nitrogens with zero attached hydrogens (tertiary/aromatic N) is 1. The number of benzene rings is 1. The van der Waals surface area contributed by atoms with E-state index in [2.05, 4.69) is 5.32 Å². The van der Waals surface area contributed by atoms with E-state index in [1.807, 2.05) is 0 Å². The zero-order chi connectivity index (χ0) is 18.7. The first-order valence-corrected chi connectivity index (χ1v) is 10.8. The lowest BCUT2D eigenvalue weighted by molar-refractivity contribution is 0.0861. The van der Waals surface area contributed by atoms with Gasteiger partial charge in [-0.05, 0) is 48.6 Å². The van der Waals surface area contributed by atoms with E-state index >= 15 is 0 Å². The highest BCUT2D eigenvalue weighted by Gasteiger charge is 2.26. The highest BCUT2D eigenvalue weighted by molar-refractivity contribution is 7.92. The monoisotopic (exact) mass is 414 g/mol. The minimum absolute atomic E-state index is 0.0258. The molecule has 2 heterocycles. The molecule has 140 valence electrons. The fraction of sp³-hybridized carbons (Fsp3) is 0.353. The van der Waals surface area contributed by atoms with Crippen molar-refractivity contribution >= 4 is 44.6 Å². The molecule has 6 nitrogen and oxygen atoms in total. The number of anilines is 1. The van der Waals surface area contributed by atoms with Crippen molar-refractivity contribution < 1.29 is 17.9 Å². The van der Waals surface area contributed by atoms with Crippen LogP contribution in [0.2, 0.25) is 5.02 Å². The number of rotatable bonds is 6. The van der Waals surface area contributed by atoms with Gasteiger partial charge in [0.2, 0.25) is 0 Å². The molecule has 1 saturated heterocycles. The molecular weight excluding hydrogens is 396 g/mol. The lowest BCUT2D eigenvalue weighted by Crippen LogP contribution is -2.33. The van der Waals surface area contributed by atoms with Crippen LogP contribution in [0.15, 0.2) is 40.6 Å². The number of thiophene rings is 1. The van der Waals surface area contributed by atoms with E-state index in [4.69, 9.17) is 16.3 Å². The van der Waals surface area contributed by atoms with Gasteiger partial charge in [0.05, 0.1) is 16.7 Å². The number of hydrogen-bond acceptors (Lipinski definition) is 5. The van der Waals surface area contributed by atoms with Gasteiger partial charge in [0.15, 0.2) is 0 Å². The lowest BCUT2D eigenvalue weighted by atomic mass is 10.2. The predicted octanol–water partition coefficient (Wildman–Crippen LogP) is 3.14. The maximum atomic E-state index is 12.8. The summed E-state index contributed by atoms with van der Waals surface area (Å²) in [6.07, 6.45) is 1.94. The Labute approximate surface area is 161 Å². The Bertz CT molecular complexity index is 874. The number of sulfonamides is 1. The minimum atomic E-state index is -3.79. The van der Waals surface area contributed by atoms with Crippen LogP contribution in [-0.4, -0.2) is 40.6 Å². The third-order valence-electron chi connectivity index (χ3n) is 4.18. The SMILES string of the molecule is CN(c1ccsc1C(=O)NC[C@H]1CCCO1)S(=O)(=O)c1ccc(Cl)cc1. The molecule has 1 aromatic heterocycles. The van der Waals surface area contributed by atoms with Gasteiger partial charge < -0.3 is 10.1 Å². The quantitative estimate of drug-likeness (QED) is 0.787. The summed E-state index contributed by atoms with van der Waals surface area (Å²) in [5.74, 6) is -0.302. The van der Waals surface area contributed by atoms with Crippen LogP contribution in [-0.2, 0) is 14.8 Å². The zero-order valence-corrected chi connectivity index (χ0v) is 16.5. The second-order valence-corrected chi connectivity index (χ2v) is 9.23. The van der Waals surface area contributed by atoms with Crippen molar-refractivity contribution in [3.63, 3.8) is 0 Å². The number of carbonyl (C=O) groups excluding carboxylic acids is 1. The zero-order valence-electron chi connectivity index (χ0n) is 14.1. The molecule has 0 spiro atoms. The summed E-state index contributed by atoms with van der Waals surface area (Å²) in [5.41, 5.74) is 0.342. The van der Waals surface area contributed by atoms with Crippen LogP contribution in [0.25, 0.3) is 0 Å². The van der Waals surface area contributed by atoms with Crippen LogP contribution < -0.4 is 9.62 Å². The van der Waals surface area contributed by atoms with Gasteiger partial charge >= 0.3 is 0 Å². The molecule has 3 rings (SSSR count). The molecule has 1 aliphatic rings. The van der Waals surface area contributed by atoms with Gasteiger partial charge in [0.25, 0.3) is 15.9 Å². The maximum absolute atomic E-state index is 12.8. The average molecular weight is 415 g/mol. The van der Waals surface area contributed by atoms with Crippen LogP contribution in [0.1, 0.15) is 22.5 Å². The number of ether oxygens (including phenoxy) is 1. The molecule has 0 bridgehead atoms. The molecule has 1 aromatic carbocycles. The molecule has 0 unspecified atom stereocenters. The molecule has 9 heteroatoms. The van der Waals surface area contributed by atoms with Crippen LogP contribution in [0, 0.1) is 0 Å². The van der Waals surface area contributed by atoms with Gasteiger partial charge in [-0.25, -0.2) is 8.42 Å². The number of nitrogens with one attached hydrogen (secondary N) is 1. The summed E-state index contributed by atoms with van der Waals surface area (Å²) in [6, 6.07) is 7.55. The largest absolute Gasteiger partial charge is 0.376 e. The van der Waals surface area contributed by atoms with E-state index < -0.39 is 10.0 Å². The number of hydrogen-bond donors (Lipinski definition) is 1. The van der Waals surface area contributed by atoms with Crippen LogP contribution in [0.3, 0.4) is 0 Å². The third kappa shape index (κ3) is 4.03. The van der Waals surface area contributed by atoms with Gasteiger partial charge in [-0.2, -0.15) is 0 Å². The van der Waals surface area contributed by atoms with Crippen molar-refractivity contribution in [2.24, 2.45) is 0 Å². The average Bonchev–Trinajstić information content (AvgIpc) is 3.31. The van der Waals surface area contributed by atoms with E-state index in [1.165, 1.54) is 42.6 Å². The molecule has 0 radical (unpaired) electrons. The second-order valence-electron chi connectivity index (χ2n) is 5.91. The summed E-state index contributed by atoms with van der Waals surface area (Å²) < 4.78 is 32.2. The Morgan fingerprint density at radius 1 is 1.35 bits per heavy atom. The van der Waals surface area contributed by atoms with Crippen molar-refractivity contribution in [3.8, 4) is 0 Å². The highest BCUT2D eigenvalue weighted by atomic mass is 35.5. The van der Waals surface area contributed by atoms with Crippen LogP contribution in [0.4, 0.5) is 5.69 Å². The maximum Gasteiger partial charge on any atom is 0.264 e. The number of amides is 1. The van der Waals surface area contributed by atoms with Gasteiger partial charge in [0, 0.05) is 25.2 Å². The number of halogens is 1. The van der Waals surface area contributed by atoms with Gasteiger partial charge in [0.1, 0.15) is 4.88 Å². The molecule has 1 atom stereocenters. The molecule has 1 aliphatic heterocycles. The Kier molecular flexibility index (Phi) is 5.86. The first-order chi connectivity index (χ1) is 12.4. The highest BCUT2D eigenvalue weighted by Crippen LogP contribution is 2.30. The smallest absolute Gasteiger partial charge is 0.264 e. The fourth-order valence-corrected chi connectivity index (χ4v) is 4.94. The summed E-state index contributed by atoms with van der Waals surface area (Å²) in [5, 5.41) is 4.98. The predicted molar refractivity (Wildman–Crippen MR) is 103 cm³/mol. The third-order valence-corrected chi connectivity index (χ3v) is 7.12. The Hall–Kier alpha value is -1.61. The Balaban J connectivity index is 1.77. The molecular formula is C17H19ClN2O4S2. The molecule has 0 saturated carbocycles. The van der Waals surface area contributed by atoms with Gasteiger partial charge in [-0.15, -0.1) is 11.3 Å². The topological polar surface area (TPSA) is 75.7 Å². The van der Waals surface area contributed by atoms with E-state index in [9.17, 15) is 13.2 Å². The van der Waals surface area contributed by atoms with Crippen molar-refractivity contribution in [1.29, 1.82) is 0 Å². The van der Waals surface area contributed by atoms with Crippen LogP contribution in [0.5, 0.6) is 0 Å². The van der Waals surface area contributed by atoms with E-state index in [0.29, 0.717) is 28.7 Å². The van der Waals surface area contributed by atoms with Crippen molar-refractivity contribution in [3.05, 3.63) is 45.6 Å². The molecule has 1 amide bonds. The first kappa shape index (κ1) is 19.2. The van der Waals surface area contributed by atoms with E-state index in [-0.39, 0.29) is 16.9 Å². The molecule has 26 heavy (non-hydrogen) atoms. The van der Waals surface area contributed by atoms with Crippen molar-refractivity contribution in [1.82, 2.24) is 5.32 Å². The van der Waals surface area contributed by atoms with E-state index in [1.54, 1.807) is 11.4 Å². The fourth-order valence-electron chi connectivity index (χ4n) is 2.71. The minimum Gasteiger partial charge on any atom is -0.376 e. The van der Waals surface area contributed by atoms with Crippen molar-refractivity contribution in [2.75, 3.05) is 24.5 Å². The first-order valence-electron chi connectivity index (χ1n) is 8.11. The van der Waals surface area contributed by atoms with Crippen molar-refractivity contribution in [2.45, 2.75) is 23.8 Å². The van der Waals surface area contributed by atoms with Gasteiger partial charge in [-0.1, -0.05) is 11.6 Å². The van der Waals surface area contributed by atoms with E-state index in [0.717, 1.165) is 17.1 Å². The summed E-state index contributed by atoms with van der Waals surface area (Å²) in [4.78, 5) is 13.0. The molecule has 1 fully saturated rings. The molecule has 2 aromatic rings. The summed E-state index contributed by atoms with van der Waals surface area (Å²) in [7, 11) is -2.36. The van der Waals surface area contributed by atoms with Gasteiger partial charge in [-0.3, -0.25) is 9.10 Å². The lowest BCUT2D eigenvalue weighted by Gasteiger charge is -2.20. The van der Waals surface area contributed by atoms with Crippen LogP contribution >= 0.6 is 22.9 Å². The summed E-state index contributed by atoms with van der Waals surface area (Å²) in [6.45, 7) is 1.14. The molecule has 0 aliphatic carbocycles.